The van der Waals surface area contributed by atoms with E-state index in [1.165, 1.54) is 0 Å². The summed E-state index contributed by atoms with van der Waals surface area (Å²) in [5.41, 5.74) is 1.58. The van der Waals surface area contributed by atoms with E-state index in [-0.39, 0.29) is 5.91 Å². The number of hydrogen-bond acceptors (Lipinski definition) is 3. The second-order valence-corrected chi connectivity index (χ2v) is 5.02. The fourth-order valence-corrected chi connectivity index (χ4v) is 2.90. The molecule has 1 aromatic rings. The smallest absolute Gasteiger partial charge is 0.255 e. The molecule has 1 amide bonds. The molecule has 2 atom stereocenters. The number of nitrogens with one attached hydrogen (secondary N) is 1. The van der Waals surface area contributed by atoms with Crippen LogP contribution in [0.1, 0.15) is 16.1 Å². The Balaban J connectivity index is 1.78. The zero-order valence-electron chi connectivity index (χ0n) is 10.0. The number of carbonyl (C=O) groups excluding carboxylic acids is 1. The van der Waals surface area contributed by atoms with Gasteiger partial charge < -0.3 is 10.2 Å². The molecule has 2 aliphatic rings. The molecule has 4 heteroatoms. The molecule has 1 aromatic heterocycles. The van der Waals surface area contributed by atoms with E-state index in [0.29, 0.717) is 11.8 Å². The van der Waals surface area contributed by atoms with E-state index >= 15 is 0 Å². The first-order valence-corrected chi connectivity index (χ1v) is 6.17. The van der Waals surface area contributed by atoms with Crippen LogP contribution >= 0.6 is 0 Å². The van der Waals surface area contributed by atoms with Crippen molar-refractivity contribution in [2.24, 2.45) is 11.8 Å². The Labute approximate surface area is 101 Å². The molecule has 2 fully saturated rings. The molecule has 90 valence electrons. The molecule has 3 heterocycles. The van der Waals surface area contributed by atoms with Crippen LogP contribution in [0, 0.1) is 18.8 Å². The minimum absolute atomic E-state index is 0.144. The lowest BCUT2D eigenvalue weighted by Gasteiger charge is -2.18. The first kappa shape index (κ1) is 10.7. The summed E-state index contributed by atoms with van der Waals surface area (Å²) in [5.74, 6) is 1.44. The zero-order chi connectivity index (χ0) is 11.8. The molecule has 0 saturated carbocycles. The van der Waals surface area contributed by atoms with E-state index in [9.17, 15) is 4.79 Å². The highest BCUT2D eigenvalue weighted by Gasteiger charge is 2.38. The number of rotatable bonds is 1. The third kappa shape index (κ3) is 1.82. The van der Waals surface area contributed by atoms with Crippen molar-refractivity contribution in [2.45, 2.75) is 6.92 Å². The molecule has 3 rings (SSSR count). The summed E-state index contributed by atoms with van der Waals surface area (Å²) in [7, 11) is 0. The van der Waals surface area contributed by atoms with Gasteiger partial charge in [-0.05, 0) is 30.9 Å². The van der Waals surface area contributed by atoms with E-state index in [1.807, 2.05) is 24.0 Å². The van der Waals surface area contributed by atoms with Crippen molar-refractivity contribution in [3.05, 3.63) is 29.6 Å². The van der Waals surface area contributed by atoms with Crippen molar-refractivity contribution in [2.75, 3.05) is 26.2 Å². The average molecular weight is 231 g/mol. The molecule has 17 heavy (non-hydrogen) atoms. The van der Waals surface area contributed by atoms with E-state index in [2.05, 4.69) is 10.3 Å². The van der Waals surface area contributed by atoms with Gasteiger partial charge in [0.15, 0.2) is 0 Å². The topological polar surface area (TPSA) is 45.2 Å². The minimum atomic E-state index is 0.144. The first-order chi connectivity index (χ1) is 8.25. The van der Waals surface area contributed by atoms with Crippen molar-refractivity contribution >= 4 is 5.91 Å². The summed E-state index contributed by atoms with van der Waals surface area (Å²) in [5, 5.41) is 3.38. The predicted octanol–water partition coefficient (Wildman–Crippen LogP) is 0.681. The van der Waals surface area contributed by atoms with Gasteiger partial charge in [0, 0.05) is 38.1 Å². The number of carbonyl (C=O) groups is 1. The van der Waals surface area contributed by atoms with Crippen LogP contribution in [0.4, 0.5) is 0 Å². The highest BCUT2D eigenvalue weighted by Crippen LogP contribution is 2.27. The Kier molecular flexibility index (Phi) is 2.59. The van der Waals surface area contributed by atoms with Crippen LogP contribution in [0.15, 0.2) is 18.3 Å². The Bertz CT molecular complexity index is 434. The number of hydrogen-bond donors (Lipinski definition) is 1. The highest BCUT2D eigenvalue weighted by atomic mass is 16.2. The van der Waals surface area contributed by atoms with Crippen LogP contribution in [0.2, 0.25) is 0 Å². The molecule has 0 unspecified atom stereocenters. The lowest BCUT2D eigenvalue weighted by molar-refractivity contribution is 0.0780. The maximum Gasteiger partial charge on any atom is 0.255 e. The molecule has 2 aliphatic heterocycles. The summed E-state index contributed by atoms with van der Waals surface area (Å²) in [6.07, 6.45) is 1.73. The van der Waals surface area contributed by atoms with Gasteiger partial charge in [0.25, 0.3) is 5.91 Å². The highest BCUT2D eigenvalue weighted by molar-refractivity contribution is 5.95. The van der Waals surface area contributed by atoms with Crippen LogP contribution in [-0.4, -0.2) is 42.0 Å². The van der Waals surface area contributed by atoms with Gasteiger partial charge in [-0.15, -0.1) is 0 Å². The average Bonchev–Trinajstić information content (AvgIpc) is 2.88. The Morgan fingerprint density at radius 3 is 2.76 bits per heavy atom. The third-order valence-electron chi connectivity index (χ3n) is 3.91. The predicted molar refractivity (Wildman–Crippen MR) is 64.7 cm³/mol. The molecule has 0 aromatic carbocycles. The Hall–Kier alpha value is -1.42. The largest absolute Gasteiger partial charge is 0.338 e. The molecule has 4 nitrogen and oxygen atoms in total. The molecule has 0 aliphatic carbocycles. The van der Waals surface area contributed by atoms with Crippen LogP contribution in [0.5, 0.6) is 0 Å². The number of nitrogens with zero attached hydrogens (tertiary/aromatic N) is 2. The van der Waals surface area contributed by atoms with Gasteiger partial charge in [-0.2, -0.15) is 0 Å². The summed E-state index contributed by atoms with van der Waals surface area (Å²) in [6, 6.07) is 3.70. The summed E-state index contributed by atoms with van der Waals surface area (Å²) < 4.78 is 0. The van der Waals surface area contributed by atoms with E-state index in [4.69, 9.17) is 0 Å². The second kappa shape index (κ2) is 4.11. The fourth-order valence-electron chi connectivity index (χ4n) is 2.90. The SMILES string of the molecule is Cc1ncccc1C(=O)N1C[C@H]2CNC[C@H]2C1. The molecule has 0 spiro atoms. The Morgan fingerprint density at radius 1 is 1.41 bits per heavy atom. The first-order valence-electron chi connectivity index (χ1n) is 6.17. The summed E-state index contributed by atoms with van der Waals surface area (Å²) in [4.78, 5) is 18.5. The molecule has 0 radical (unpaired) electrons. The Morgan fingerprint density at radius 2 is 2.12 bits per heavy atom. The minimum Gasteiger partial charge on any atom is -0.338 e. The standard InChI is InChI=1S/C13H17N3O/c1-9-12(3-2-4-15-9)13(17)16-7-10-5-14-6-11(10)8-16/h2-4,10-11,14H,5-8H2,1H3/t10-,11+. The molecular weight excluding hydrogens is 214 g/mol. The van der Waals surface area contributed by atoms with Crippen molar-refractivity contribution in [1.29, 1.82) is 0 Å². The number of fused-ring (bicyclic) bond motifs is 1. The van der Waals surface area contributed by atoms with Crippen LogP contribution in [0.25, 0.3) is 0 Å². The molecule has 2 saturated heterocycles. The summed E-state index contributed by atoms with van der Waals surface area (Å²) >= 11 is 0. The number of pyridine rings is 1. The van der Waals surface area contributed by atoms with Crippen LogP contribution in [-0.2, 0) is 0 Å². The van der Waals surface area contributed by atoms with Gasteiger partial charge >= 0.3 is 0 Å². The number of aryl methyl sites for hydroxylation is 1. The van der Waals surface area contributed by atoms with Gasteiger partial charge in [0.05, 0.1) is 5.56 Å². The normalized spacial score (nSPS) is 27.2. The monoisotopic (exact) mass is 231 g/mol. The second-order valence-electron chi connectivity index (χ2n) is 5.02. The van der Waals surface area contributed by atoms with Crippen LogP contribution < -0.4 is 5.32 Å². The van der Waals surface area contributed by atoms with Crippen molar-refractivity contribution in [3.63, 3.8) is 0 Å². The van der Waals surface area contributed by atoms with E-state index in [1.54, 1.807) is 6.20 Å². The quantitative estimate of drug-likeness (QED) is 0.773. The third-order valence-corrected chi connectivity index (χ3v) is 3.91. The lowest BCUT2D eigenvalue weighted by Crippen LogP contribution is -2.32. The zero-order valence-corrected chi connectivity index (χ0v) is 10.0. The fraction of sp³-hybridized carbons (Fsp3) is 0.538. The lowest BCUT2D eigenvalue weighted by atomic mass is 10.0. The van der Waals surface area contributed by atoms with Crippen molar-refractivity contribution < 1.29 is 4.79 Å². The van der Waals surface area contributed by atoms with Crippen molar-refractivity contribution in [1.82, 2.24) is 15.2 Å². The van der Waals surface area contributed by atoms with Gasteiger partial charge in [-0.3, -0.25) is 9.78 Å². The summed E-state index contributed by atoms with van der Waals surface area (Å²) in [6.45, 7) is 5.79. The maximum absolute atomic E-state index is 12.4. The van der Waals surface area contributed by atoms with E-state index < -0.39 is 0 Å². The van der Waals surface area contributed by atoms with Crippen LogP contribution in [0.3, 0.4) is 0 Å². The maximum atomic E-state index is 12.4. The number of amides is 1. The van der Waals surface area contributed by atoms with Gasteiger partial charge in [-0.1, -0.05) is 0 Å². The molecule has 1 N–H and O–H groups in total. The van der Waals surface area contributed by atoms with Gasteiger partial charge in [0.1, 0.15) is 0 Å². The number of likely N-dealkylation sites (tertiary alicyclic amines) is 1. The molecular formula is C13H17N3O. The van der Waals surface area contributed by atoms with Gasteiger partial charge in [-0.25, -0.2) is 0 Å². The van der Waals surface area contributed by atoms with E-state index in [0.717, 1.165) is 37.4 Å². The van der Waals surface area contributed by atoms with Gasteiger partial charge in [0.2, 0.25) is 0 Å². The number of aromatic nitrogens is 1. The molecule has 0 bridgehead atoms. The van der Waals surface area contributed by atoms with Crippen molar-refractivity contribution in [3.8, 4) is 0 Å².